The molecule has 0 radical (unpaired) electrons. The van der Waals surface area contributed by atoms with Crippen molar-refractivity contribution in [3.8, 4) is 17.2 Å². The first-order chi connectivity index (χ1) is 23.1. The van der Waals surface area contributed by atoms with Crippen LogP contribution in [0, 0.1) is 0 Å². The predicted octanol–water partition coefficient (Wildman–Crippen LogP) is 5.65. The molecule has 0 amide bonds. The summed E-state index contributed by atoms with van der Waals surface area (Å²) in [5.41, 5.74) is 4.33. The minimum absolute atomic E-state index is 0.0592. The monoisotopic (exact) mass is 663 g/mol. The Labute approximate surface area is 288 Å². The Bertz CT molecular complexity index is 1920. The maximum Gasteiger partial charge on any atom is 0.494 e. The van der Waals surface area contributed by atoms with Crippen LogP contribution in [-0.2, 0) is 31.8 Å². The number of hydrogen-bond acceptors (Lipinski definition) is 9. The molecule has 0 saturated carbocycles. The van der Waals surface area contributed by atoms with Crippen molar-refractivity contribution in [1.29, 1.82) is 0 Å². The Hall–Kier alpha value is -3.99. The third-order valence-corrected chi connectivity index (χ3v) is 9.92. The lowest BCUT2D eigenvalue weighted by molar-refractivity contribution is 0.00578. The van der Waals surface area contributed by atoms with Crippen molar-refractivity contribution < 1.29 is 32.9 Å². The Kier molecular flexibility index (Phi) is 9.28. The van der Waals surface area contributed by atoms with Gasteiger partial charge in [-0.1, -0.05) is 48.5 Å². The average molecular weight is 663 g/mol. The van der Waals surface area contributed by atoms with E-state index in [1.807, 2.05) is 116 Å². The van der Waals surface area contributed by atoms with Crippen molar-refractivity contribution in [2.45, 2.75) is 91.0 Å². The van der Waals surface area contributed by atoms with Crippen molar-refractivity contribution in [3.05, 3.63) is 106 Å². The molecule has 254 valence electrons. The smallest absolute Gasteiger partial charge is 0.489 e. The Morgan fingerprint density at radius 2 is 1.16 bits per heavy atom. The molecule has 9 nitrogen and oxygen atoms in total. The highest BCUT2D eigenvalue weighted by Crippen LogP contribution is 2.37. The summed E-state index contributed by atoms with van der Waals surface area (Å²) in [7, 11) is -0.707. The number of rotatable bonds is 6. The summed E-state index contributed by atoms with van der Waals surface area (Å²) in [5.74, 6) is 1.12. The van der Waals surface area contributed by atoms with Crippen LogP contribution in [-0.4, -0.2) is 46.7 Å². The van der Waals surface area contributed by atoms with Crippen molar-refractivity contribution in [2.75, 3.05) is 0 Å². The summed E-state index contributed by atoms with van der Waals surface area (Å²) < 4.78 is 35.9. The van der Waals surface area contributed by atoms with Crippen LogP contribution in [0.15, 0.2) is 94.1 Å². The van der Waals surface area contributed by atoms with Gasteiger partial charge in [0, 0.05) is 12.1 Å². The van der Waals surface area contributed by atoms with Crippen LogP contribution in [0.4, 0.5) is 0 Å². The van der Waals surface area contributed by atoms with Gasteiger partial charge in [0.15, 0.2) is 16.8 Å². The van der Waals surface area contributed by atoms with Crippen LogP contribution in [0.3, 0.4) is 0 Å². The lowest BCUT2D eigenvalue weighted by Gasteiger charge is -2.32. The summed E-state index contributed by atoms with van der Waals surface area (Å²) in [6, 6.07) is 25.8. The molecule has 0 spiro atoms. The zero-order valence-corrected chi connectivity index (χ0v) is 29.4. The largest absolute Gasteiger partial charge is 0.494 e. The van der Waals surface area contributed by atoms with E-state index in [0.717, 1.165) is 22.1 Å². The number of aliphatic hydroxyl groups is 1. The molecule has 0 bridgehead atoms. The van der Waals surface area contributed by atoms with Gasteiger partial charge in [-0.15, -0.1) is 0 Å². The number of aromatic nitrogens is 1. The van der Waals surface area contributed by atoms with Crippen LogP contribution in [0.5, 0.6) is 5.75 Å². The molecule has 11 heteroatoms. The molecule has 1 N–H and O–H groups in total. The van der Waals surface area contributed by atoms with Crippen LogP contribution >= 0.6 is 0 Å². The highest BCUT2D eigenvalue weighted by molar-refractivity contribution is 6.62. The van der Waals surface area contributed by atoms with Crippen LogP contribution < -0.4 is 21.1 Å². The van der Waals surface area contributed by atoms with Crippen molar-refractivity contribution in [2.24, 2.45) is 0 Å². The number of aliphatic hydroxyl groups excluding tert-OH is 1. The fourth-order valence-corrected chi connectivity index (χ4v) is 5.35. The van der Waals surface area contributed by atoms with Crippen molar-refractivity contribution in [3.63, 3.8) is 0 Å². The topological polar surface area (TPSA) is 109 Å². The zero-order valence-electron chi connectivity index (χ0n) is 29.4. The van der Waals surface area contributed by atoms with E-state index in [1.165, 1.54) is 12.1 Å². The summed E-state index contributed by atoms with van der Waals surface area (Å²) in [5, 5.41) is 9.00. The molecule has 3 aliphatic heterocycles. The highest BCUT2D eigenvalue weighted by Gasteiger charge is 2.52. The molecule has 4 aliphatic rings. The summed E-state index contributed by atoms with van der Waals surface area (Å²) >= 11 is 0. The molecule has 3 aromatic rings. The predicted molar refractivity (Wildman–Crippen MR) is 191 cm³/mol. The molecular weight excluding hydrogens is 620 g/mol. The first-order valence-corrected chi connectivity index (χ1v) is 16.5. The second-order valence-corrected chi connectivity index (χ2v) is 14.6. The van der Waals surface area contributed by atoms with E-state index in [9.17, 15) is 4.79 Å². The van der Waals surface area contributed by atoms with Gasteiger partial charge in [0.1, 0.15) is 23.6 Å². The molecular formula is C38H43B2NO8. The van der Waals surface area contributed by atoms with E-state index in [2.05, 4.69) is 4.98 Å². The van der Waals surface area contributed by atoms with E-state index in [1.54, 1.807) is 12.1 Å². The third-order valence-electron chi connectivity index (χ3n) is 9.92. The number of ether oxygens (including phenoxy) is 1. The molecule has 7 rings (SSSR count). The number of fused-ring (bicyclic) bond motifs is 2. The first-order valence-electron chi connectivity index (χ1n) is 16.5. The minimum atomic E-state index is -0.381. The molecule has 0 aromatic heterocycles. The van der Waals surface area contributed by atoms with E-state index in [-0.39, 0.29) is 48.7 Å². The number of benzene rings is 4. The quantitative estimate of drug-likeness (QED) is 0.182. The van der Waals surface area contributed by atoms with E-state index in [0.29, 0.717) is 34.9 Å². The van der Waals surface area contributed by atoms with Crippen molar-refractivity contribution >= 4 is 36.3 Å². The first kappa shape index (κ1) is 34.9. The SMILES string of the molecule is CC1(C)OB(c2ccc(CO)cc2)OC1(C)C.CC1(C)OB(c2ccc(COc3ccc4nc5ccc(=O)cc-5oc4c3)cc2)OC1(C)C. The highest BCUT2D eigenvalue weighted by atomic mass is 16.7. The molecule has 0 unspecified atom stereocenters. The van der Waals surface area contributed by atoms with Crippen molar-refractivity contribution in [1.82, 2.24) is 4.98 Å². The Balaban J connectivity index is 0.000000207. The maximum absolute atomic E-state index is 11.6. The zero-order chi connectivity index (χ0) is 35.2. The lowest BCUT2D eigenvalue weighted by atomic mass is 9.79. The van der Waals surface area contributed by atoms with Crippen LogP contribution in [0.1, 0.15) is 66.5 Å². The van der Waals surface area contributed by atoms with Gasteiger partial charge in [0.2, 0.25) is 0 Å². The molecule has 49 heavy (non-hydrogen) atoms. The fraction of sp³-hybridized carbons (Fsp3) is 0.368. The van der Waals surface area contributed by atoms with Gasteiger partial charge >= 0.3 is 14.2 Å². The van der Waals surface area contributed by atoms with Crippen LogP contribution in [0.2, 0.25) is 0 Å². The minimum Gasteiger partial charge on any atom is -0.489 e. The average Bonchev–Trinajstić information content (AvgIpc) is 3.42. The molecule has 2 saturated heterocycles. The summed E-state index contributed by atoms with van der Waals surface area (Å²) in [6.45, 7) is 16.8. The maximum atomic E-state index is 11.6. The summed E-state index contributed by atoms with van der Waals surface area (Å²) in [4.78, 5) is 16.1. The summed E-state index contributed by atoms with van der Waals surface area (Å²) in [6.07, 6.45) is 0. The van der Waals surface area contributed by atoms with E-state index < -0.39 is 0 Å². The normalized spacial score (nSPS) is 18.8. The fourth-order valence-electron chi connectivity index (χ4n) is 5.35. The standard InChI is InChI=1S/C25H24BNO5.C13H19BO3/c1-24(2)25(3,4)32-26(31-24)17-7-5-16(6-8-17)15-29-19-10-12-21-23(14-19)30-22-13-18(28)9-11-20(22)27-21;1-12(2)13(3,4)17-14(16-12)11-7-5-10(9-15)6-8-11/h5-14H,15H2,1-4H3;5-8,15H,9H2,1-4H3. The van der Waals surface area contributed by atoms with Gasteiger partial charge in [-0.2, -0.15) is 0 Å². The van der Waals surface area contributed by atoms with Gasteiger partial charge < -0.3 is 32.9 Å². The second-order valence-electron chi connectivity index (χ2n) is 14.6. The van der Waals surface area contributed by atoms with E-state index in [4.69, 9.17) is 32.9 Å². The Morgan fingerprint density at radius 3 is 1.67 bits per heavy atom. The molecule has 3 heterocycles. The van der Waals surface area contributed by atoms with Gasteiger partial charge in [-0.25, -0.2) is 4.98 Å². The van der Waals surface area contributed by atoms with E-state index >= 15 is 0 Å². The van der Waals surface area contributed by atoms with Gasteiger partial charge in [-0.05, 0) is 102 Å². The lowest BCUT2D eigenvalue weighted by Crippen LogP contribution is -2.41. The molecule has 1 aliphatic carbocycles. The molecule has 3 aromatic carbocycles. The molecule has 0 atom stereocenters. The molecule has 2 fully saturated rings. The second kappa shape index (κ2) is 13.0. The number of hydrogen-bond donors (Lipinski definition) is 1. The van der Waals surface area contributed by atoms with Gasteiger partial charge in [0.25, 0.3) is 0 Å². The van der Waals surface area contributed by atoms with Gasteiger partial charge in [0.05, 0.1) is 29.0 Å². The number of nitrogens with zero attached hydrogens (tertiary/aromatic N) is 1. The Morgan fingerprint density at radius 1 is 0.653 bits per heavy atom. The third kappa shape index (κ3) is 7.32. The van der Waals surface area contributed by atoms with Crippen LogP contribution in [0.25, 0.3) is 22.6 Å². The van der Waals surface area contributed by atoms with Gasteiger partial charge in [-0.3, -0.25) is 4.79 Å².